The van der Waals surface area contributed by atoms with Gasteiger partial charge in [-0.1, -0.05) is 146 Å². The lowest BCUT2D eigenvalue weighted by molar-refractivity contribution is 1.18. The minimum atomic E-state index is 0.688. The molecule has 0 saturated heterocycles. The van der Waals surface area contributed by atoms with Crippen molar-refractivity contribution in [2.24, 2.45) is 4.99 Å². The number of hydrogen-bond acceptors (Lipinski definition) is 3. The maximum absolute atomic E-state index is 5.27. The molecule has 49 heavy (non-hydrogen) atoms. The summed E-state index contributed by atoms with van der Waals surface area (Å²) in [5, 5.41) is 0. The lowest BCUT2D eigenvalue weighted by atomic mass is 9.95. The molecule has 1 heterocycles. The quantitative estimate of drug-likeness (QED) is 0.124. The number of hydrogen-bond donors (Lipinski definition) is 0. The summed E-state index contributed by atoms with van der Waals surface area (Å²) in [6.07, 6.45) is 4.14. The van der Waals surface area contributed by atoms with Crippen molar-refractivity contribution in [3.8, 4) is 56.2 Å². The largest absolute Gasteiger partial charge is 0.296 e. The fraction of sp³-hybridized carbons (Fsp3) is 0.0652. The van der Waals surface area contributed by atoms with E-state index in [1.807, 2.05) is 24.4 Å². The van der Waals surface area contributed by atoms with E-state index in [4.69, 9.17) is 9.97 Å². The van der Waals surface area contributed by atoms with Crippen LogP contribution in [-0.4, -0.2) is 23.2 Å². The summed E-state index contributed by atoms with van der Waals surface area (Å²) in [6, 6.07) is 55.1. The Morgan fingerprint density at radius 1 is 0.510 bits per heavy atom. The molecule has 0 amide bonds. The van der Waals surface area contributed by atoms with Crippen molar-refractivity contribution in [2.45, 2.75) is 13.8 Å². The summed E-state index contributed by atoms with van der Waals surface area (Å²) < 4.78 is 0. The van der Waals surface area contributed by atoms with Crippen LogP contribution in [0.25, 0.3) is 67.8 Å². The second-order valence-electron chi connectivity index (χ2n) is 12.2. The number of aryl methyl sites for hydroxylation is 1. The Kier molecular flexibility index (Phi) is 9.16. The van der Waals surface area contributed by atoms with Crippen LogP contribution in [0.1, 0.15) is 29.2 Å². The van der Waals surface area contributed by atoms with Crippen molar-refractivity contribution in [1.82, 2.24) is 9.97 Å². The zero-order valence-electron chi connectivity index (χ0n) is 28.0. The summed E-state index contributed by atoms with van der Waals surface area (Å²) in [5.41, 5.74) is 15.2. The fourth-order valence-electron chi connectivity index (χ4n) is 6.32. The molecule has 0 saturated carbocycles. The van der Waals surface area contributed by atoms with Gasteiger partial charge in [-0.15, -0.1) is 0 Å². The number of aliphatic imine (C=N–C) groups is 1. The molecule has 7 aromatic rings. The van der Waals surface area contributed by atoms with Gasteiger partial charge in [0.25, 0.3) is 0 Å². The summed E-state index contributed by atoms with van der Waals surface area (Å²) in [5.74, 6) is 0.688. The Bertz CT molecular complexity index is 2300. The summed E-state index contributed by atoms with van der Waals surface area (Å²) in [6.45, 7) is 4.32. The van der Waals surface area contributed by atoms with E-state index in [9.17, 15) is 0 Å². The third-order valence-corrected chi connectivity index (χ3v) is 8.84. The third kappa shape index (κ3) is 6.93. The van der Waals surface area contributed by atoms with E-state index in [0.717, 1.165) is 67.0 Å². The maximum atomic E-state index is 5.27. The number of nitrogens with zero attached hydrogens (tertiary/aromatic N) is 3. The molecule has 0 aliphatic carbocycles. The van der Waals surface area contributed by atoms with E-state index >= 15 is 0 Å². The first kappa shape index (κ1) is 31.4. The molecule has 0 atom stereocenters. The Balaban J connectivity index is 1.39. The lowest BCUT2D eigenvalue weighted by Crippen LogP contribution is -1.98. The van der Waals surface area contributed by atoms with Gasteiger partial charge in [0.15, 0.2) is 5.82 Å². The molecule has 3 heteroatoms. The maximum Gasteiger partial charge on any atom is 0.160 e. The molecule has 0 spiro atoms. The molecule has 0 aliphatic heterocycles. The highest BCUT2D eigenvalue weighted by molar-refractivity contribution is 5.91. The van der Waals surface area contributed by atoms with Gasteiger partial charge in [0.2, 0.25) is 0 Å². The van der Waals surface area contributed by atoms with Crippen molar-refractivity contribution < 1.29 is 0 Å². The third-order valence-electron chi connectivity index (χ3n) is 8.84. The van der Waals surface area contributed by atoms with E-state index in [1.165, 1.54) is 11.1 Å². The monoisotopic (exact) mass is 631 g/mol. The molecular weight excluding hydrogens is 595 g/mol. The molecular formula is C46H37N3. The van der Waals surface area contributed by atoms with Gasteiger partial charge in [-0.25, -0.2) is 9.97 Å². The fourth-order valence-corrected chi connectivity index (χ4v) is 6.32. The standard InChI is InChI=1S/C46H37N3/c1-32-25-26-39(29-43(32)33(2)27-36-19-10-11-20-40(36)31-47-3)46-48-44(38-22-14-21-37(28-38)34-15-6-4-7-16-34)30-45(49-46)42-24-13-12-23-41(42)35-17-8-5-9-18-35/h4-31H,1-3H3/b33-27+,47-31?. The molecule has 6 aromatic carbocycles. The van der Waals surface area contributed by atoms with Crippen molar-refractivity contribution in [3.63, 3.8) is 0 Å². The Hall–Kier alpha value is -6.19. The molecule has 1 aromatic heterocycles. The molecule has 0 bridgehead atoms. The SMILES string of the molecule is CN=Cc1ccccc1/C=C(\C)c1cc(-c2nc(-c3cccc(-c4ccccc4)c3)cc(-c3ccccc3-c3ccccc3)n2)ccc1C. The number of allylic oxidation sites excluding steroid dienone is 1. The zero-order valence-corrected chi connectivity index (χ0v) is 28.0. The average Bonchev–Trinajstić information content (AvgIpc) is 3.16. The molecule has 236 valence electrons. The lowest BCUT2D eigenvalue weighted by Gasteiger charge is -2.15. The van der Waals surface area contributed by atoms with E-state index < -0.39 is 0 Å². The molecule has 7 rings (SSSR count). The van der Waals surface area contributed by atoms with Gasteiger partial charge >= 0.3 is 0 Å². The van der Waals surface area contributed by atoms with E-state index in [0.29, 0.717) is 5.82 Å². The molecule has 0 fully saturated rings. The second kappa shape index (κ2) is 14.3. The minimum absolute atomic E-state index is 0.688. The van der Waals surface area contributed by atoms with Gasteiger partial charge in [0.05, 0.1) is 11.4 Å². The average molecular weight is 632 g/mol. The van der Waals surface area contributed by atoms with Crippen LogP contribution in [0.4, 0.5) is 0 Å². The molecule has 0 N–H and O–H groups in total. The predicted octanol–water partition coefficient (Wildman–Crippen LogP) is 11.7. The van der Waals surface area contributed by atoms with Crippen molar-refractivity contribution >= 4 is 17.9 Å². The second-order valence-corrected chi connectivity index (χ2v) is 12.2. The molecule has 0 radical (unpaired) electrons. The van der Waals surface area contributed by atoms with Gasteiger partial charge in [-0.2, -0.15) is 0 Å². The summed E-state index contributed by atoms with van der Waals surface area (Å²) >= 11 is 0. The molecule has 0 aliphatic rings. The first-order valence-electron chi connectivity index (χ1n) is 16.6. The Morgan fingerprint density at radius 2 is 1.12 bits per heavy atom. The van der Waals surface area contributed by atoms with Crippen LogP contribution in [0.3, 0.4) is 0 Å². The van der Waals surface area contributed by atoms with E-state index in [1.54, 1.807) is 7.05 Å². The van der Waals surface area contributed by atoms with Gasteiger partial charge in [0.1, 0.15) is 0 Å². The number of rotatable bonds is 8. The first-order chi connectivity index (χ1) is 24.1. The van der Waals surface area contributed by atoms with Crippen molar-refractivity contribution in [2.75, 3.05) is 7.05 Å². The van der Waals surface area contributed by atoms with Gasteiger partial charge in [-0.3, -0.25) is 4.99 Å². The minimum Gasteiger partial charge on any atom is -0.296 e. The Labute approximate surface area is 289 Å². The van der Waals surface area contributed by atoms with E-state index in [2.05, 4.69) is 164 Å². The van der Waals surface area contributed by atoms with Crippen LogP contribution >= 0.6 is 0 Å². The van der Waals surface area contributed by atoms with Crippen molar-refractivity contribution in [1.29, 1.82) is 0 Å². The highest BCUT2D eigenvalue weighted by Gasteiger charge is 2.16. The van der Waals surface area contributed by atoms with Crippen LogP contribution in [-0.2, 0) is 0 Å². The molecule has 3 nitrogen and oxygen atoms in total. The van der Waals surface area contributed by atoms with Crippen LogP contribution in [0.5, 0.6) is 0 Å². The Morgan fingerprint density at radius 3 is 1.88 bits per heavy atom. The van der Waals surface area contributed by atoms with Gasteiger partial charge in [-0.05, 0) is 82.1 Å². The number of aromatic nitrogens is 2. The number of benzene rings is 6. The topological polar surface area (TPSA) is 38.1 Å². The normalized spacial score (nSPS) is 11.6. The van der Waals surface area contributed by atoms with Crippen LogP contribution < -0.4 is 0 Å². The van der Waals surface area contributed by atoms with Gasteiger partial charge in [0, 0.05) is 30.0 Å². The van der Waals surface area contributed by atoms with Gasteiger partial charge < -0.3 is 0 Å². The zero-order chi connectivity index (χ0) is 33.6. The van der Waals surface area contributed by atoms with Crippen LogP contribution in [0.15, 0.2) is 163 Å². The first-order valence-corrected chi connectivity index (χ1v) is 16.6. The van der Waals surface area contributed by atoms with Crippen LogP contribution in [0.2, 0.25) is 0 Å². The highest BCUT2D eigenvalue weighted by Crippen LogP contribution is 2.36. The smallest absolute Gasteiger partial charge is 0.160 e. The van der Waals surface area contributed by atoms with Crippen molar-refractivity contribution in [3.05, 3.63) is 180 Å². The predicted molar refractivity (Wildman–Crippen MR) is 207 cm³/mol. The highest BCUT2D eigenvalue weighted by atomic mass is 14.9. The van der Waals surface area contributed by atoms with Crippen LogP contribution in [0, 0.1) is 6.92 Å². The summed E-state index contributed by atoms with van der Waals surface area (Å²) in [4.78, 5) is 14.8. The van der Waals surface area contributed by atoms with E-state index in [-0.39, 0.29) is 0 Å². The molecule has 0 unspecified atom stereocenters. The summed E-state index contributed by atoms with van der Waals surface area (Å²) in [7, 11) is 1.81.